The number of hydrogen-bond acceptors (Lipinski definition) is 1. The summed E-state index contributed by atoms with van der Waals surface area (Å²) >= 11 is 0. The van der Waals surface area contributed by atoms with E-state index in [0.717, 1.165) is 0 Å². The Morgan fingerprint density at radius 2 is 2.33 bits per heavy atom. The van der Waals surface area contributed by atoms with E-state index >= 15 is 0 Å². The highest BCUT2D eigenvalue weighted by atomic mass is 19.1. The van der Waals surface area contributed by atoms with Crippen molar-refractivity contribution in [2.75, 3.05) is 6.61 Å². The van der Waals surface area contributed by atoms with Crippen molar-refractivity contribution in [2.45, 2.75) is 6.42 Å². The van der Waals surface area contributed by atoms with Crippen LogP contribution in [-0.2, 0) is 0 Å². The summed E-state index contributed by atoms with van der Waals surface area (Å²) < 4.78 is 10.9. The van der Waals surface area contributed by atoms with Gasteiger partial charge in [-0.15, -0.1) is 0 Å². The molecule has 0 aliphatic rings. The van der Waals surface area contributed by atoms with Gasteiger partial charge in [-0.2, -0.15) is 0 Å². The van der Waals surface area contributed by atoms with Crippen LogP contribution in [0.1, 0.15) is 6.42 Å². The molecule has 0 aromatic carbocycles. The van der Waals surface area contributed by atoms with Crippen LogP contribution in [-0.4, -0.2) is 11.7 Å². The molecule has 0 unspecified atom stereocenters. The van der Waals surface area contributed by atoms with Crippen molar-refractivity contribution in [1.29, 1.82) is 0 Å². The first-order valence-electron chi connectivity index (χ1n) is 1.78. The maximum atomic E-state index is 10.9. The molecular formula is C4H7FO. The Morgan fingerprint density at radius 1 is 1.67 bits per heavy atom. The van der Waals surface area contributed by atoms with E-state index < -0.39 is 0 Å². The minimum atomic E-state index is 0.0282. The molecule has 0 aromatic heterocycles. The van der Waals surface area contributed by atoms with Crippen LogP contribution in [0, 0.1) is 0 Å². The smallest absolute Gasteiger partial charge is 0.0827 e. The van der Waals surface area contributed by atoms with Crippen molar-refractivity contribution in [1.82, 2.24) is 0 Å². The molecule has 0 saturated carbocycles. The fourth-order valence-electron chi connectivity index (χ4n) is 0.138. The van der Waals surface area contributed by atoms with Gasteiger partial charge in [0.2, 0.25) is 0 Å². The van der Waals surface area contributed by atoms with Crippen LogP contribution in [0.15, 0.2) is 12.4 Å². The summed E-state index contributed by atoms with van der Waals surface area (Å²) in [6.45, 7) is 0.0282. The topological polar surface area (TPSA) is 20.2 Å². The van der Waals surface area contributed by atoms with Crippen LogP contribution >= 0.6 is 0 Å². The van der Waals surface area contributed by atoms with Gasteiger partial charge in [0.05, 0.1) is 6.33 Å². The van der Waals surface area contributed by atoms with E-state index in [4.69, 9.17) is 5.11 Å². The molecule has 36 valence electrons. The highest BCUT2D eigenvalue weighted by Crippen LogP contribution is 1.77. The van der Waals surface area contributed by atoms with E-state index in [1.807, 2.05) is 0 Å². The molecule has 0 aliphatic carbocycles. The Hall–Kier alpha value is -0.370. The Morgan fingerprint density at radius 3 is 2.50 bits per heavy atom. The van der Waals surface area contributed by atoms with Gasteiger partial charge >= 0.3 is 0 Å². The summed E-state index contributed by atoms with van der Waals surface area (Å²) in [7, 11) is 0. The number of aliphatic hydroxyl groups excluding tert-OH is 1. The second kappa shape index (κ2) is 4.63. The molecule has 0 fully saturated rings. The zero-order valence-corrected chi connectivity index (χ0v) is 3.39. The third-order valence-electron chi connectivity index (χ3n) is 0.385. The maximum Gasteiger partial charge on any atom is 0.0827 e. The first-order valence-corrected chi connectivity index (χ1v) is 1.78. The van der Waals surface area contributed by atoms with E-state index in [1.54, 1.807) is 0 Å². The first-order chi connectivity index (χ1) is 2.91. The Bertz CT molecular complexity index is 42.8. The van der Waals surface area contributed by atoms with Crippen LogP contribution < -0.4 is 0 Å². The first kappa shape index (κ1) is 5.63. The van der Waals surface area contributed by atoms with E-state index in [0.29, 0.717) is 12.8 Å². The molecule has 0 amide bonds. The van der Waals surface area contributed by atoms with Gasteiger partial charge in [-0.3, -0.25) is 0 Å². The molecule has 0 aromatic rings. The van der Waals surface area contributed by atoms with E-state index in [2.05, 4.69) is 0 Å². The fraction of sp³-hybridized carbons (Fsp3) is 0.500. The van der Waals surface area contributed by atoms with Gasteiger partial charge in [-0.1, -0.05) is 6.08 Å². The van der Waals surface area contributed by atoms with Gasteiger partial charge in [-0.05, 0) is 6.42 Å². The van der Waals surface area contributed by atoms with Crippen molar-refractivity contribution in [3.8, 4) is 0 Å². The van der Waals surface area contributed by atoms with E-state index in [-0.39, 0.29) is 6.61 Å². The zero-order chi connectivity index (χ0) is 4.83. The molecule has 0 aliphatic heterocycles. The molecule has 0 spiro atoms. The standard InChI is InChI=1S/C4H7FO/c5-3-1-2-4-6/h1,3,6H,2,4H2/b3-1+. The summed E-state index contributed by atoms with van der Waals surface area (Å²) in [4.78, 5) is 0. The molecule has 1 nitrogen and oxygen atoms in total. The molecule has 6 heavy (non-hydrogen) atoms. The second-order valence-electron chi connectivity index (χ2n) is 0.874. The maximum absolute atomic E-state index is 10.9. The SMILES string of the molecule is OCC/C=C/F. The van der Waals surface area contributed by atoms with Crippen LogP contribution in [0.3, 0.4) is 0 Å². The molecular weight excluding hydrogens is 83.0 g/mol. The van der Waals surface area contributed by atoms with Crippen molar-refractivity contribution in [3.05, 3.63) is 12.4 Å². The minimum Gasteiger partial charge on any atom is -0.396 e. The van der Waals surface area contributed by atoms with Gasteiger partial charge in [-0.25, -0.2) is 4.39 Å². The van der Waals surface area contributed by atoms with Crippen LogP contribution in [0.2, 0.25) is 0 Å². The number of rotatable bonds is 2. The van der Waals surface area contributed by atoms with Crippen molar-refractivity contribution >= 4 is 0 Å². The van der Waals surface area contributed by atoms with Crippen LogP contribution in [0.5, 0.6) is 0 Å². The highest BCUT2D eigenvalue weighted by molar-refractivity contribution is 4.70. The van der Waals surface area contributed by atoms with E-state index in [9.17, 15) is 4.39 Å². The summed E-state index contributed by atoms with van der Waals surface area (Å²) in [5.74, 6) is 0. The average Bonchev–Trinajstić information content (AvgIpc) is 1.61. The summed E-state index contributed by atoms with van der Waals surface area (Å²) in [5, 5.41) is 7.98. The molecule has 0 saturated heterocycles. The summed E-state index contributed by atoms with van der Waals surface area (Å²) in [5.41, 5.74) is 0. The zero-order valence-electron chi connectivity index (χ0n) is 3.39. The summed E-state index contributed by atoms with van der Waals surface area (Å²) in [6, 6.07) is 0. The third kappa shape index (κ3) is 3.63. The predicted octanol–water partition coefficient (Wildman–Crippen LogP) is 0.852. The van der Waals surface area contributed by atoms with Gasteiger partial charge in [0.25, 0.3) is 0 Å². The van der Waals surface area contributed by atoms with Gasteiger partial charge < -0.3 is 5.11 Å². The van der Waals surface area contributed by atoms with Crippen molar-refractivity contribution < 1.29 is 9.50 Å². The molecule has 0 heterocycles. The largest absolute Gasteiger partial charge is 0.396 e. The monoisotopic (exact) mass is 90.0 g/mol. The van der Waals surface area contributed by atoms with Gasteiger partial charge in [0, 0.05) is 6.61 Å². The molecule has 2 heteroatoms. The van der Waals surface area contributed by atoms with E-state index in [1.165, 1.54) is 6.08 Å². The van der Waals surface area contributed by atoms with Crippen LogP contribution in [0.25, 0.3) is 0 Å². The molecule has 0 atom stereocenters. The molecule has 0 rings (SSSR count). The predicted molar refractivity (Wildman–Crippen MR) is 22.0 cm³/mol. The number of halogens is 1. The quantitative estimate of drug-likeness (QED) is 0.533. The van der Waals surface area contributed by atoms with Gasteiger partial charge in [0.1, 0.15) is 0 Å². The number of hydrogen-bond donors (Lipinski definition) is 1. The average molecular weight is 90.1 g/mol. The van der Waals surface area contributed by atoms with Crippen molar-refractivity contribution in [3.63, 3.8) is 0 Å². The fourth-order valence-corrected chi connectivity index (χ4v) is 0.138. The molecule has 0 bridgehead atoms. The lowest BCUT2D eigenvalue weighted by Gasteiger charge is -1.75. The molecule has 0 radical (unpaired) electrons. The Kier molecular flexibility index (Phi) is 4.34. The summed E-state index contributed by atoms with van der Waals surface area (Å²) in [6.07, 6.45) is 2.10. The lowest BCUT2D eigenvalue weighted by atomic mass is 10.5. The highest BCUT2D eigenvalue weighted by Gasteiger charge is 1.67. The second-order valence-corrected chi connectivity index (χ2v) is 0.874. The Labute approximate surface area is 36.1 Å². The molecule has 1 N–H and O–H groups in total. The lowest BCUT2D eigenvalue weighted by molar-refractivity contribution is 0.302. The third-order valence-corrected chi connectivity index (χ3v) is 0.385. The van der Waals surface area contributed by atoms with Gasteiger partial charge in [0.15, 0.2) is 0 Å². The van der Waals surface area contributed by atoms with Crippen molar-refractivity contribution in [2.24, 2.45) is 0 Å². The lowest BCUT2D eigenvalue weighted by Crippen LogP contribution is -1.72. The Balaban J connectivity index is 2.66. The van der Waals surface area contributed by atoms with Crippen LogP contribution in [0.4, 0.5) is 4.39 Å². The minimum absolute atomic E-state index is 0.0282. The normalized spacial score (nSPS) is 10.3. The number of aliphatic hydroxyl groups is 1.